The third-order valence-electron chi connectivity index (χ3n) is 3.80. The first-order valence-corrected chi connectivity index (χ1v) is 9.48. The number of thiophene rings is 1. The van der Waals surface area contributed by atoms with E-state index in [1.165, 1.54) is 11.3 Å². The van der Waals surface area contributed by atoms with Gasteiger partial charge in [0, 0.05) is 12.2 Å². The molecule has 0 aliphatic heterocycles. The number of rotatable bonds is 8. The van der Waals surface area contributed by atoms with Crippen LogP contribution in [-0.2, 0) is 4.74 Å². The van der Waals surface area contributed by atoms with Crippen LogP contribution in [0.25, 0.3) is 10.8 Å². The number of nitrogens with one attached hydrogen (secondary N) is 1. The highest BCUT2D eigenvalue weighted by molar-refractivity contribution is 7.13. The molecule has 0 saturated carbocycles. The Hall–Kier alpha value is -2.67. The highest BCUT2D eigenvalue weighted by Crippen LogP contribution is 2.27. The molecule has 0 bridgehead atoms. The summed E-state index contributed by atoms with van der Waals surface area (Å²) in [5, 5.41) is 13.2. The molecule has 0 spiro atoms. The first kappa shape index (κ1) is 18.1. The minimum absolute atomic E-state index is 0.276. The van der Waals surface area contributed by atoms with Crippen LogP contribution in [0.5, 0.6) is 0 Å². The number of ether oxygens (including phenoxy) is 1. The van der Waals surface area contributed by atoms with E-state index in [0.29, 0.717) is 11.5 Å². The van der Waals surface area contributed by atoms with Crippen LogP contribution in [0.2, 0.25) is 0 Å². The maximum Gasteiger partial charge on any atom is 0.341 e. The number of aromatic nitrogens is 2. The van der Waals surface area contributed by atoms with Crippen LogP contribution in [-0.4, -0.2) is 22.7 Å². The zero-order valence-corrected chi connectivity index (χ0v) is 15.6. The van der Waals surface area contributed by atoms with Gasteiger partial charge in [0.2, 0.25) is 0 Å². The van der Waals surface area contributed by atoms with Crippen molar-refractivity contribution >= 4 is 23.0 Å². The maximum atomic E-state index is 12.6. The number of benzene rings is 1. The second-order valence-electron chi connectivity index (χ2n) is 5.80. The molecule has 26 heavy (non-hydrogen) atoms. The van der Waals surface area contributed by atoms with Crippen molar-refractivity contribution in [1.29, 1.82) is 0 Å². The summed E-state index contributed by atoms with van der Waals surface area (Å²) < 4.78 is 11.2. The molecular formula is C19H21N3O3S. The maximum absolute atomic E-state index is 12.6. The van der Waals surface area contributed by atoms with Gasteiger partial charge in [-0.05, 0) is 36.9 Å². The van der Waals surface area contributed by atoms with Crippen molar-refractivity contribution < 1.29 is 13.9 Å². The van der Waals surface area contributed by atoms with Crippen LogP contribution in [0, 0.1) is 0 Å². The van der Waals surface area contributed by atoms with Crippen molar-refractivity contribution in [2.75, 3.05) is 11.9 Å². The topological polar surface area (TPSA) is 77.2 Å². The molecule has 0 saturated heterocycles. The number of anilines is 1. The van der Waals surface area contributed by atoms with Gasteiger partial charge in [0.25, 0.3) is 11.8 Å². The number of hydrogen-bond donors (Lipinski definition) is 1. The van der Waals surface area contributed by atoms with E-state index >= 15 is 0 Å². The third-order valence-corrected chi connectivity index (χ3v) is 4.65. The highest BCUT2D eigenvalue weighted by Gasteiger charge is 2.21. The van der Waals surface area contributed by atoms with Crippen LogP contribution in [0.3, 0.4) is 0 Å². The van der Waals surface area contributed by atoms with Crippen molar-refractivity contribution in [1.82, 2.24) is 10.2 Å². The lowest BCUT2D eigenvalue weighted by atomic mass is 10.1. The molecule has 1 unspecified atom stereocenters. The molecule has 0 fully saturated rings. The first-order chi connectivity index (χ1) is 12.7. The molecule has 0 aliphatic rings. The summed E-state index contributed by atoms with van der Waals surface area (Å²) >= 11 is 1.51. The number of hydrogen-bond acceptors (Lipinski definition) is 7. The van der Waals surface area contributed by atoms with Gasteiger partial charge in [-0.15, -0.1) is 21.5 Å². The van der Waals surface area contributed by atoms with E-state index in [1.807, 2.05) is 35.7 Å². The summed E-state index contributed by atoms with van der Waals surface area (Å²) in [6, 6.07) is 11.1. The quantitative estimate of drug-likeness (QED) is 0.447. The Morgan fingerprint density at radius 1 is 1.27 bits per heavy atom. The number of carbonyl (C=O) groups excluding carboxylic acids is 1. The van der Waals surface area contributed by atoms with Gasteiger partial charge in [-0.25, -0.2) is 4.79 Å². The van der Waals surface area contributed by atoms with E-state index in [1.54, 1.807) is 13.0 Å². The first-order valence-electron chi connectivity index (χ1n) is 8.60. The molecule has 0 amide bonds. The fourth-order valence-corrected chi connectivity index (χ4v) is 3.03. The Balaban J connectivity index is 1.68. The lowest BCUT2D eigenvalue weighted by Gasteiger charge is -2.13. The van der Waals surface area contributed by atoms with Crippen LogP contribution in [0.1, 0.15) is 49.0 Å². The van der Waals surface area contributed by atoms with Gasteiger partial charge in [-0.1, -0.05) is 31.5 Å². The Kier molecular flexibility index (Phi) is 6.01. The molecule has 3 rings (SSSR count). The molecule has 1 aromatic carbocycles. The van der Waals surface area contributed by atoms with Gasteiger partial charge in [0.1, 0.15) is 0 Å². The van der Waals surface area contributed by atoms with E-state index in [-0.39, 0.29) is 5.89 Å². The second-order valence-corrected chi connectivity index (χ2v) is 6.74. The van der Waals surface area contributed by atoms with Gasteiger partial charge >= 0.3 is 5.97 Å². The molecular weight excluding hydrogens is 350 g/mol. The molecule has 0 radical (unpaired) electrons. The normalized spacial score (nSPS) is 11.9. The van der Waals surface area contributed by atoms with Crippen molar-refractivity contribution in [3.8, 4) is 10.8 Å². The van der Waals surface area contributed by atoms with Crippen LogP contribution in [0.4, 0.5) is 5.69 Å². The number of nitrogens with zero attached hydrogens (tertiary/aromatic N) is 2. The third kappa shape index (κ3) is 4.29. The lowest BCUT2D eigenvalue weighted by Crippen LogP contribution is -2.13. The van der Waals surface area contributed by atoms with Crippen molar-refractivity contribution in [2.45, 2.75) is 32.8 Å². The monoisotopic (exact) mass is 371 g/mol. The summed E-state index contributed by atoms with van der Waals surface area (Å²) in [4.78, 5) is 13.4. The fourth-order valence-electron chi connectivity index (χ4n) is 2.39. The average molecular weight is 371 g/mol. The molecule has 2 aromatic heterocycles. The number of unbranched alkanes of at least 4 members (excludes halogenated alkanes) is 1. The van der Waals surface area contributed by atoms with Crippen LogP contribution >= 0.6 is 11.3 Å². The molecule has 1 atom stereocenters. The van der Waals surface area contributed by atoms with E-state index in [2.05, 4.69) is 22.4 Å². The predicted octanol–water partition coefficient (Wildman–Crippen LogP) is 4.93. The predicted molar refractivity (Wildman–Crippen MR) is 101 cm³/mol. The Morgan fingerprint density at radius 2 is 2.12 bits per heavy atom. The van der Waals surface area contributed by atoms with E-state index < -0.39 is 12.1 Å². The van der Waals surface area contributed by atoms with E-state index in [4.69, 9.17) is 9.15 Å². The molecule has 136 valence electrons. The summed E-state index contributed by atoms with van der Waals surface area (Å²) in [6.07, 6.45) is 1.49. The zero-order valence-electron chi connectivity index (χ0n) is 14.8. The van der Waals surface area contributed by atoms with Crippen molar-refractivity contribution in [3.05, 3.63) is 53.2 Å². The lowest BCUT2D eigenvalue weighted by molar-refractivity contribution is 0.0281. The summed E-state index contributed by atoms with van der Waals surface area (Å²) in [5.41, 5.74) is 1.26. The molecule has 2 heterocycles. The van der Waals surface area contributed by atoms with Crippen molar-refractivity contribution in [3.63, 3.8) is 0 Å². The summed E-state index contributed by atoms with van der Waals surface area (Å²) in [6.45, 7) is 4.65. The van der Waals surface area contributed by atoms with Gasteiger partial charge in [-0.3, -0.25) is 0 Å². The Labute approximate surface area is 156 Å². The largest absolute Gasteiger partial charge is 0.449 e. The average Bonchev–Trinajstić information content (AvgIpc) is 3.33. The fraction of sp³-hybridized carbons (Fsp3) is 0.316. The number of para-hydroxylation sites is 1. The molecule has 3 aromatic rings. The van der Waals surface area contributed by atoms with Gasteiger partial charge in [0.15, 0.2) is 6.10 Å². The number of carbonyl (C=O) groups is 1. The Bertz CT molecular complexity index is 845. The van der Waals surface area contributed by atoms with Gasteiger partial charge in [-0.2, -0.15) is 0 Å². The highest BCUT2D eigenvalue weighted by atomic mass is 32.1. The minimum atomic E-state index is -0.632. The van der Waals surface area contributed by atoms with Crippen LogP contribution in [0.15, 0.2) is 46.2 Å². The molecule has 1 N–H and O–H groups in total. The van der Waals surface area contributed by atoms with E-state index in [0.717, 1.165) is 30.0 Å². The minimum Gasteiger partial charge on any atom is -0.449 e. The van der Waals surface area contributed by atoms with E-state index in [9.17, 15) is 4.79 Å². The zero-order chi connectivity index (χ0) is 18.4. The molecule has 7 heteroatoms. The SMILES string of the molecule is CCCCNc1ccccc1C(=O)OC(C)c1nnc(-c2cccs2)o1. The summed E-state index contributed by atoms with van der Waals surface area (Å²) in [7, 11) is 0. The smallest absolute Gasteiger partial charge is 0.341 e. The van der Waals surface area contributed by atoms with Crippen molar-refractivity contribution in [2.24, 2.45) is 0 Å². The Morgan fingerprint density at radius 3 is 2.88 bits per heavy atom. The second kappa shape index (κ2) is 8.62. The number of esters is 1. The summed E-state index contributed by atoms with van der Waals surface area (Å²) in [5.74, 6) is 0.283. The van der Waals surface area contributed by atoms with Gasteiger partial charge < -0.3 is 14.5 Å². The molecule has 6 nitrogen and oxygen atoms in total. The standard InChI is InChI=1S/C19H21N3O3S/c1-3-4-11-20-15-9-6-5-8-14(15)19(23)24-13(2)17-21-22-18(25-17)16-10-7-12-26-16/h5-10,12-13,20H,3-4,11H2,1-2H3. The van der Waals surface area contributed by atoms with Crippen LogP contribution < -0.4 is 5.32 Å². The molecule has 0 aliphatic carbocycles. The van der Waals surface area contributed by atoms with Gasteiger partial charge in [0.05, 0.1) is 10.4 Å².